The van der Waals surface area contributed by atoms with Gasteiger partial charge in [0, 0.05) is 5.92 Å². The number of ether oxygens (including phenoxy) is 2. The molecule has 0 aromatic rings. The van der Waals surface area contributed by atoms with E-state index in [1.54, 1.807) is 0 Å². The van der Waals surface area contributed by atoms with Crippen molar-refractivity contribution >= 4 is 11.9 Å². The molecule has 4 heteroatoms. The number of esters is 2. The Balaban J connectivity index is 1.95. The van der Waals surface area contributed by atoms with Crippen molar-refractivity contribution in [1.29, 1.82) is 0 Å². The summed E-state index contributed by atoms with van der Waals surface area (Å²) in [7, 11) is 1.38. The second-order valence-corrected chi connectivity index (χ2v) is 4.45. The molecule has 2 bridgehead atoms. The van der Waals surface area contributed by atoms with Gasteiger partial charge in [-0.3, -0.25) is 9.59 Å². The van der Waals surface area contributed by atoms with Crippen molar-refractivity contribution in [3.63, 3.8) is 0 Å². The number of methoxy groups -OCH3 is 1. The summed E-state index contributed by atoms with van der Waals surface area (Å²) in [5.74, 6) is -0.247. The maximum Gasteiger partial charge on any atom is 0.310 e. The van der Waals surface area contributed by atoms with E-state index in [1.165, 1.54) is 7.11 Å². The molecule has 5 atom stereocenters. The Hall–Kier alpha value is -1.06. The highest BCUT2D eigenvalue weighted by molar-refractivity contribution is 5.85. The van der Waals surface area contributed by atoms with Gasteiger partial charge in [-0.15, -0.1) is 0 Å². The van der Waals surface area contributed by atoms with Crippen LogP contribution in [0.1, 0.15) is 12.8 Å². The highest BCUT2D eigenvalue weighted by Gasteiger charge is 2.64. The van der Waals surface area contributed by atoms with E-state index in [9.17, 15) is 9.59 Å². The first-order valence-electron chi connectivity index (χ1n) is 5.00. The first kappa shape index (κ1) is 8.26. The fraction of sp³-hybridized carbons (Fsp3) is 0.800. The summed E-state index contributed by atoms with van der Waals surface area (Å²) in [5.41, 5.74) is 0. The number of rotatable bonds is 1. The Kier molecular flexibility index (Phi) is 1.47. The average Bonchev–Trinajstić information content (AvgIpc) is 2.75. The standard InChI is InChI=1S/C10H12O4/c1-13-9(11)7-4-2-5-6(3-4)14-10(12)8(5)7/h4-8H,2-3H2,1H3/t4-,5+,6-,7-,8-/m1/s1. The first-order valence-corrected chi connectivity index (χ1v) is 5.00. The molecule has 2 aliphatic carbocycles. The van der Waals surface area contributed by atoms with E-state index < -0.39 is 0 Å². The number of hydrogen-bond donors (Lipinski definition) is 0. The van der Waals surface area contributed by atoms with Gasteiger partial charge in [0.15, 0.2) is 0 Å². The first-order chi connectivity index (χ1) is 6.72. The minimum atomic E-state index is -0.236. The molecule has 1 aliphatic heterocycles. The molecule has 3 fully saturated rings. The molecule has 14 heavy (non-hydrogen) atoms. The molecule has 0 unspecified atom stereocenters. The van der Waals surface area contributed by atoms with Gasteiger partial charge in [-0.05, 0) is 18.8 Å². The minimum Gasteiger partial charge on any atom is -0.469 e. The summed E-state index contributed by atoms with van der Waals surface area (Å²) >= 11 is 0. The van der Waals surface area contributed by atoms with Gasteiger partial charge < -0.3 is 9.47 Å². The summed E-state index contributed by atoms with van der Waals surface area (Å²) < 4.78 is 9.96. The molecule has 0 N–H and O–H groups in total. The van der Waals surface area contributed by atoms with E-state index >= 15 is 0 Å². The lowest BCUT2D eigenvalue weighted by molar-refractivity contribution is -0.153. The fourth-order valence-corrected chi connectivity index (χ4v) is 3.46. The minimum absolute atomic E-state index is 0.0957. The molecule has 2 saturated carbocycles. The van der Waals surface area contributed by atoms with Gasteiger partial charge in [-0.25, -0.2) is 0 Å². The monoisotopic (exact) mass is 196 g/mol. The van der Waals surface area contributed by atoms with E-state index in [0.29, 0.717) is 5.92 Å². The van der Waals surface area contributed by atoms with E-state index in [-0.39, 0.29) is 35.8 Å². The molecule has 3 rings (SSSR count). The number of carbonyl (C=O) groups excluding carboxylic acids is 2. The number of carbonyl (C=O) groups is 2. The highest BCUT2D eigenvalue weighted by atomic mass is 16.6. The maximum atomic E-state index is 11.5. The Morgan fingerprint density at radius 1 is 1.50 bits per heavy atom. The molecular formula is C10H12O4. The molecule has 0 spiro atoms. The van der Waals surface area contributed by atoms with E-state index in [0.717, 1.165) is 12.8 Å². The summed E-state index contributed by atoms with van der Waals surface area (Å²) in [4.78, 5) is 23.0. The molecule has 0 radical (unpaired) electrons. The van der Waals surface area contributed by atoms with Gasteiger partial charge in [-0.2, -0.15) is 0 Å². The van der Waals surface area contributed by atoms with Crippen LogP contribution in [0.4, 0.5) is 0 Å². The van der Waals surface area contributed by atoms with Crippen LogP contribution in [0.25, 0.3) is 0 Å². The lowest BCUT2D eigenvalue weighted by atomic mass is 9.80. The normalized spacial score (nSPS) is 48.1. The predicted molar refractivity (Wildman–Crippen MR) is 45.1 cm³/mol. The molecule has 0 aromatic carbocycles. The van der Waals surface area contributed by atoms with E-state index in [2.05, 4.69) is 0 Å². The SMILES string of the molecule is COC(=O)[C@@H]1[C@@H]2C[C@@H]3[C@H]1C(=O)O[C@@H]3C2. The van der Waals surface area contributed by atoms with Crippen molar-refractivity contribution in [3.8, 4) is 0 Å². The molecule has 4 nitrogen and oxygen atoms in total. The molecule has 3 aliphatic rings. The average molecular weight is 196 g/mol. The molecule has 0 amide bonds. The zero-order valence-corrected chi connectivity index (χ0v) is 7.93. The largest absolute Gasteiger partial charge is 0.469 e. The lowest BCUT2D eigenvalue weighted by Gasteiger charge is -2.21. The van der Waals surface area contributed by atoms with Crippen LogP contribution in [0.5, 0.6) is 0 Å². The number of fused-ring (bicyclic) bond motifs is 1. The summed E-state index contributed by atoms with van der Waals surface area (Å²) in [6.07, 6.45) is 1.91. The molecule has 1 saturated heterocycles. The van der Waals surface area contributed by atoms with Crippen LogP contribution in [0.3, 0.4) is 0 Å². The summed E-state index contributed by atoms with van der Waals surface area (Å²) in [5, 5.41) is 0. The predicted octanol–water partition coefficient (Wildman–Crippen LogP) is 0.357. The van der Waals surface area contributed by atoms with Crippen molar-refractivity contribution in [2.45, 2.75) is 18.9 Å². The maximum absolute atomic E-state index is 11.5. The zero-order chi connectivity index (χ0) is 9.87. The van der Waals surface area contributed by atoms with Crippen LogP contribution < -0.4 is 0 Å². The van der Waals surface area contributed by atoms with Crippen LogP contribution in [0, 0.1) is 23.7 Å². The van der Waals surface area contributed by atoms with Crippen LogP contribution in [0.15, 0.2) is 0 Å². The molecule has 0 aromatic heterocycles. The third-order valence-corrected chi connectivity index (χ3v) is 3.96. The Bertz CT molecular complexity index is 309. The Labute approximate surface area is 81.6 Å². The van der Waals surface area contributed by atoms with Gasteiger partial charge in [0.2, 0.25) is 0 Å². The lowest BCUT2D eigenvalue weighted by Crippen LogP contribution is -2.32. The quantitative estimate of drug-likeness (QED) is 0.568. The van der Waals surface area contributed by atoms with Crippen LogP contribution in [-0.2, 0) is 19.1 Å². The smallest absolute Gasteiger partial charge is 0.310 e. The molecular weight excluding hydrogens is 184 g/mol. The number of hydrogen-bond acceptors (Lipinski definition) is 4. The Morgan fingerprint density at radius 2 is 2.29 bits per heavy atom. The third-order valence-electron chi connectivity index (χ3n) is 3.96. The summed E-state index contributed by atoms with van der Waals surface area (Å²) in [6, 6.07) is 0. The van der Waals surface area contributed by atoms with Crippen LogP contribution in [0.2, 0.25) is 0 Å². The topological polar surface area (TPSA) is 52.6 Å². The second-order valence-electron chi connectivity index (χ2n) is 4.45. The van der Waals surface area contributed by atoms with Gasteiger partial charge >= 0.3 is 11.9 Å². The van der Waals surface area contributed by atoms with Crippen LogP contribution in [-0.4, -0.2) is 25.2 Å². The zero-order valence-electron chi connectivity index (χ0n) is 7.93. The molecule has 76 valence electrons. The van der Waals surface area contributed by atoms with Gasteiger partial charge in [0.25, 0.3) is 0 Å². The van der Waals surface area contributed by atoms with Gasteiger partial charge in [0.1, 0.15) is 6.10 Å². The van der Waals surface area contributed by atoms with Gasteiger partial charge in [-0.1, -0.05) is 0 Å². The van der Waals surface area contributed by atoms with Crippen molar-refractivity contribution < 1.29 is 19.1 Å². The highest BCUT2D eigenvalue weighted by Crippen LogP contribution is 2.57. The van der Waals surface area contributed by atoms with Crippen LogP contribution >= 0.6 is 0 Å². The van der Waals surface area contributed by atoms with Crippen molar-refractivity contribution in [2.24, 2.45) is 23.7 Å². The van der Waals surface area contributed by atoms with Crippen molar-refractivity contribution in [1.82, 2.24) is 0 Å². The molecule has 1 heterocycles. The second kappa shape index (κ2) is 2.49. The van der Waals surface area contributed by atoms with Gasteiger partial charge in [0.05, 0.1) is 18.9 Å². The van der Waals surface area contributed by atoms with Crippen molar-refractivity contribution in [2.75, 3.05) is 7.11 Å². The third kappa shape index (κ3) is 0.792. The van der Waals surface area contributed by atoms with E-state index in [1.807, 2.05) is 0 Å². The fourth-order valence-electron chi connectivity index (χ4n) is 3.46. The van der Waals surface area contributed by atoms with Crippen molar-refractivity contribution in [3.05, 3.63) is 0 Å². The van der Waals surface area contributed by atoms with E-state index in [4.69, 9.17) is 9.47 Å². The summed E-state index contributed by atoms with van der Waals surface area (Å²) in [6.45, 7) is 0. The Morgan fingerprint density at radius 3 is 3.00 bits per heavy atom.